The van der Waals surface area contributed by atoms with Gasteiger partial charge in [0.1, 0.15) is 12.4 Å². The molecule has 230 valence electrons. The van der Waals surface area contributed by atoms with Gasteiger partial charge in [-0.05, 0) is 80.4 Å². The van der Waals surface area contributed by atoms with Gasteiger partial charge in [0.05, 0.1) is 11.3 Å². The molecule has 1 aliphatic heterocycles. The zero-order valence-corrected chi connectivity index (χ0v) is 25.9. The van der Waals surface area contributed by atoms with Crippen molar-refractivity contribution in [3.8, 4) is 17.0 Å². The highest BCUT2D eigenvalue weighted by Gasteiger charge is 2.31. The SMILES string of the molecule is CNC(=O)c1cccc(COc2ccc3c(c2)N(CCN(C)C)CCn2c-3c(C3CCCCC3)c3ccc(C(=O)O)cc32)c1. The lowest BCUT2D eigenvalue weighted by molar-refractivity contribution is 0.0696. The number of hydrogen-bond acceptors (Lipinski definition) is 5. The molecule has 1 amide bonds. The predicted octanol–water partition coefficient (Wildman–Crippen LogP) is 6.37. The Kier molecular flexibility index (Phi) is 8.62. The summed E-state index contributed by atoms with van der Waals surface area (Å²) in [7, 11) is 5.82. The molecule has 0 atom stereocenters. The molecule has 2 aliphatic rings. The number of carboxylic acids is 1. The number of likely N-dealkylation sites (N-methyl/N-ethyl adjacent to an activating group) is 1. The molecule has 0 radical (unpaired) electrons. The van der Waals surface area contributed by atoms with Crippen LogP contribution in [0, 0.1) is 0 Å². The van der Waals surface area contributed by atoms with Crippen LogP contribution in [0.2, 0.25) is 0 Å². The predicted molar refractivity (Wildman–Crippen MR) is 175 cm³/mol. The van der Waals surface area contributed by atoms with Gasteiger partial charge in [0.25, 0.3) is 5.91 Å². The molecule has 44 heavy (non-hydrogen) atoms. The van der Waals surface area contributed by atoms with Crippen molar-refractivity contribution in [2.45, 2.75) is 51.2 Å². The van der Waals surface area contributed by atoms with E-state index >= 15 is 0 Å². The van der Waals surface area contributed by atoms with Crippen LogP contribution in [0.4, 0.5) is 5.69 Å². The minimum atomic E-state index is -0.897. The number of anilines is 1. The monoisotopic (exact) mass is 594 g/mol. The Bertz CT molecular complexity index is 1690. The second-order valence-electron chi connectivity index (χ2n) is 12.3. The number of ether oxygens (including phenoxy) is 1. The number of aromatic carboxylic acids is 1. The van der Waals surface area contributed by atoms with Crippen LogP contribution in [0.15, 0.2) is 60.7 Å². The molecule has 1 saturated carbocycles. The third-order valence-electron chi connectivity index (χ3n) is 9.16. The van der Waals surface area contributed by atoms with Crippen molar-refractivity contribution in [1.82, 2.24) is 14.8 Å². The smallest absolute Gasteiger partial charge is 0.335 e. The summed E-state index contributed by atoms with van der Waals surface area (Å²) in [4.78, 5) is 28.8. The molecule has 1 aliphatic carbocycles. The number of aromatic nitrogens is 1. The van der Waals surface area contributed by atoms with E-state index in [1.54, 1.807) is 19.2 Å². The summed E-state index contributed by atoms with van der Waals surface area (Å²) < 4.78 is 8.72. The van der Waals surface area contributed by atoms with Gasteiger partial charge >= 0.3 is 5.97 Å². The molecule has 8 nitrogen and oxygen atoms in total. The van der Waals surface area contributed by atoms with Gasteiger partial charge in [0.2, 0.25) is 0 Å². The van der Waals surface area contributed by atoms with Crippen molar-refractivity contribution in [3.05, 3.63) is 82.9 Å². The number of rotatable bonds is 9. The van der Waals surface area contributed by atoms with E-state index in [0.29, 0.717) is 23.7 Å². The maximum atomic E-state index is 12.1. The van der Waals surface area contributed by atoms with Crippen LogP contribution < -0.4 is 15.0 Å². The molecule has 8 heteroatoms. The van der Waals surface area contributed by atoms with Crippen LogP contribution in [0.1, 0.15) is 69.9 Å². The normalized spacial score (nSPS) is 15.1. The Labute approximate surface area is 259 Å². The van der Waals surface area contributed by atoms with Gasteiger partial charge in [-0.15, -0.1) is 0 Å². The highest BCUT2D eigenvalue weighted by molar-refractivity contribution is 6.00. The van der Waals surface area contributed by atoms with Crippen molar-refractivity contribution < 1.29 is 19.4 Å². The number of nitrogens with zero attached hydrogens (tertiary/aromatic N) is 3. The van der Waals surface area contributed by atoms with Crippen LogP contribution in [-0.4, -0.2) is 67.2 Å². The molecule has 2 heterocycles. The summed E-state index contributed by atoms with van der Waals surface area (Å²) in [5, 5.41) is 13.7. The van der Waals surface area contributed by atoms with E-state index in [4.69, 9.17) is 4.74 Å². The molecule has 6 rings (SSSR count). The molecular weight excluding hydrogens is 552 g/mol. The van der Waals surface area contributed by atoms with Crippen molar-refractivity contribution in [1.29, 1.82) is 0 Å². The van der Waals surface area contributed by atoms with Crippen LogP contribution in [0.25, 0.3) is 22.2 Å². The van der Waals surface area contributed by atoms with E-state index in [9.17, 15) is 14.7 Å². The van der Waals surface area contributed by atoms with Gasteiger partial charge in [-0.1, -0.05) is 37.5 Å². The fraction of sp³-hybridized carbons (Fsp3) is 0.389. The second kappa shape index (κ2) is 12.7. The van der Waals surface area contributed by atoms with Gasteiger partial charge in [-0.3, -0.25) is 4.79 Å². The Morgan fingerprint density at radius 1 is 0.977 bits per heavy atom. The lowest BCUT2D eigenvalue weighted by Gasteiger charge is -2.27. The molecule has 4 aromatic rings. The van der Waals surface area contributed by atoms with Gasteiger partial charge in [0.15, 0.2) is 0 Å². The highest BCUT2D eigenvalue weighted by Crippen LogP contribution is 2.48. The summed E-state index contributed by atoms with van der Waals surface area (Å²) in [6.07, 6.45) is 6.03. The van der Waals surface area contributed by atoms with E-state index in [2.05, 4.69) is 45.9 Å². The summed E-state index contributed by atoms with van der Waals surface area (Å²) in [5.41, 5.74) is 7.78. The first-order valence-corrected chi connectivity index (χ1v) is 15.7. The number of carboxylic acid groups (broad SMARTS) is 1. The molecular formula is C36H42N4O4. The molecule has 1 fully saturated rings. The minimum Gasteiger partial charge on any atom is -0.489 e. The van der Waals surface area contributed by atoms with E-state index in [-0.39, 0.29) is 5.91 Å². The van der Waals surface area contributed by atoms with Crippen LogP contribution in [-0.2, 0) is 13.2 Å². The van der Waals surface area contributed by atoms with Gasteiger partial charge in [0, 0.05) is 67.0 Å². The zero-order chi connectivity index (χ0) is 30.8. The Hall–Kier alpha value is -4.30. The van der Waals surface area contributed by atoms with E-state index in [0.717, 1.165) is 61.5 Å². The molecule has 0 spiro atoms. The number of nitrogens with one attached hydrogen (secondary N) is 1. The summed E-state index contributed by atoms with van der Waals surface area (Å²) in [5.74, 6) is 0.211. The Balaban J connectivity index is 1.45. The standard InChI is InChI=1S/C36H42N4O4/c1-37-35(41)26-11-7-8-24(20-26)23-44-28-13-15-30-31(22-28)39(17-16-38(2)3)18-19-40-32-21-27(36(42)43)12-14-29(32)33(34(30)40)25-9-5-4-6-10-25/h7-8,11-15,20-22,25H,4-6,9-10,16-19,23H2,1-3H3,(H,37,41)(H,42,43). The fourth-order valence-corrected chi connectivity index (χ4v) is 6.91. The molecule has 2 N–H and O–H groups in total. The molecule has 0 unspecified atom stereocenters. The summed E-state index contributed by atoms with van der Waals surface area (Å²) in [6, 6.07) is 19.6. The Morgan fingerprint density at radius 2 is 1.80 bits per heavy atom. The first kappa shape index (κ1) is 29.8. The van der Waals surface area contributed by atoms with E-state index in [1.165, 1.54) is 41.5 Å². The second-order valence-corrected chi connectivity index (χ2v) is 12.3. The number of amides is 1. The van der Waals surface area contributed by atoms with Crippen molar-refractivity contribution in [2.24, 2.45) is 0 Å². The van der Waals surface area contributed by atoms with Crippen molar-refractivity contribution in [2.75, 3.05) is 45.7 Å². The number of carbonyl (C=O) groups excluding carboxylic acids is 1. The number of carbonyl (C=O) groups is 2. The minimum absolute atomic E-state index is 0.118. The van der Waals surface area contributed by atoms with Gasteiger partial charge < -0.3 is 29.5 Å². The van der Waals surface area contributed by atoms with Crippen LogP contribution in [0.3, 0.4) is 0 Å². The first-order valence-electron chi connectivity index (χ1n) is 15.7. The van der Waals surface area contributed by atoms with Crippen LogP contribution in [0.5, 0.6) is 5.75 Å². The lowest BCUT2D eigenvalue weighted by Crippen LogP contribution is -2.33. The third-order valence-corrected chi connectivity index (χ3v) is 9.16. The average Bonchev–Trinajstić information content (AvgIpc) is 3.27. The maximum Gasteiger partial charge on any atom is 0.335 e. The largest absolute Gasteiger partial charge is 0.489 e. The molecule has 3 aromatic carbocycles. The van der Waals surface area contributed by atoms with Crippen LogP contribution >= 0.6 is 0 Å². The molecule has 0 saturated heterocycles. The first-order chi connectivity index (χ1) is 21.3. The molecule has 0 bridgehead atoms. The van der Waals surface area contributed by atoms with Gasteiger partial charge in [-0.2, -0.15) is 0 Å². The zero-order valence-electron chi connectivity index (χ0n) is 25.9. The number of benzene rings is 3. The highest BCUT2D eigenvalue weighted by atomic mass is 16.5. The lowest BCUT2D eigenvalue weighted by atomic mass is 9.81. The van der Waals surface area contributed by atoms with Crippen molar-refractivity contribution >= 4 is 28.5 Å². The quantitative estimate of drug-likeness (QED) is 0.234. The number of hydrogen-bond donors (Lipinski definition) is 2. The average molecular weight is 595 g/mol. The van der Waals surface area contributed by atoms with E-state index in [1.807, 2.05) is 36.4 Å². The fourth-order valence-electron chi connectivity index (χ4n) is 6.91. The van der Waals surface area contributed by atoms with Gasteiger partial charge in [-0.25, -0.2) is 4.79 Å². The topological polar surface area (TPSA) is 87.0 Å². The van der Waals surface area contributed by atoms with Crippen molar-refractivity contribution in [3.63, 3.8) is 0 Å². The summed E-state index contributed by atoms with van der Waals surface area (Å²) in [6.45, 7) is 3.69. The van der Waals surface area contributed by atoms with E-state index < -0.39 is 5.97 Å². The Morgan fingerprint density at radius 3 is 2.55 bits per heavy atom. The summed E-state index contributed by atoms with van der Waals surface area (Å²) >= 11 is 0. The maximum absolute atomic E-state index is 12.1. The third kappa shape index (κ3) is 5.91. The number of fused-ring (bicyclic) bond motifs is 5. The molecule has 1 aromatic heterocycles.